The highest BCUT2D eigenvalue weighted by Gasteiger charge is 2.21. The number of nitrogens with zero attached hydrogens (tertiary/aromatic N) is 1. The SMILES string of the molecule is OCCC1CCN(CCOc2cccc(Br)c2)C1. The van der Waals surface area contributed by atoms with Crippen molar-refractivity contribution in [3.05, 3.63) is 28.7 Å². The molecule has 0 aliphatic carbocycles. The maximum atomic E-state index is 8.92. The largest absolute Gasteiger partial charge is 0.492 e. The third-order valence-electron chi connectivity index (χ3n) is 3.38. The first-order valence-electron chi connectivity index (χ1n) is 6.49. The third kappa shape index (κ3) is 4.26. The Morgan fingerprint density at radius 3 is 3.11 bits per heavy atom. The van der Waals surface area contributed by atoms with Crippen molar-refractivity contribution in [1.29, 1.82) is 0 Å². The lowest BCUT2D eigenvalue weighted by molar-refractivity contribution is 0.222. The molecule has 18 heavy (non-hydrogen) atoms. The summed E-state index contributed by atoms with van der Waals surface area (Å²) in [6.07, 6.45) is 2.14. The van der Waals surface area contributed by atoms with Gasteiger partial charge in [-0.2, -0.15) is 0 Å². The Morgan fingerprint density at radius 2 is 2.33 bits per heavy atom. The maximum absolute atomic E-state index is 8.92. The van der Waals surface area contributed by atoms with E-state index >= 15 is 0 Å². The van der Waals surface area contributed by atoms with Crippen molar-refractivity contribution in [2.75, 3.05) is 32.8 Å². The molecule has 1 fully saturated rings. The van der Waals surface area contributed by atoms with Gasteiger partial charge in [-0.05, 0) is 43.5 Å². The lowest BCUT2D eigenvalue weighted by Crippen LogP contribution is -2.26. The predicted octanol–water partition coefficient (Wildman–Crippen LogP) is 2.53. The number of aliphatic hydroxyl groups excluding tert-OH is 1. The van der Waals surface area contributed by atoms with Gasteiger partial charge >= 0.3 is 0 Å². The highest BCUT2D eigenvalue weighted by Crippen LogP contribution is 2.20. The van der Waals surface area contributed by atoms with Crippen LogP contribution in [0.5, 0.6) is 5.75 Å². The number of hydrogen-bond donors (Lipinski definition) is 1. The van der Waals surface area contributed by atoms with E-state index < -0.39 is 0 Å². The Labute approximate surface area is 117 Å². The number of halogens is 1. The second-order valence-corrected chi connectivity index (χ2v) is 5.69. The summed E-state index contributed by atoms with van der Waals surface area (Å²) in [5.41, 5.74) is 0. The fraction of sp³-hybridized carbons (Fsp3) is 0.571. The summed E-state index contributed by atoms with van der Waals surface area (Å²) in [5, 5.41) is 8.92. The minimum Gasteiger partial charge on any atom is -0.492 e. The molecule has 2 rings (SSSR count). The zero-order valence-electron chi connectivity index (χ0n) is 10.5. The van der Waals surface area contributed by atoms with Crippen molar-refractivity contribution in [1.82, 2.24) is 4.90 Å². The van der Waals surface area contributed by atoms with Crippen LogP contribution >= 0.6 is 15.9 Å². The second-order valence-electron chi connectivity index (χ2n) is 4.77. The molecule has 0 bridgehead atoms. The average molecular weight is 314 g/mol. The lowest BCUT2D eigenvalue weighted by atomic mass is 10.1. The van der Waals surface area contributed by atoms with Gasteiger partial charge < -0.3 is 9.84 Å². The first-order chi connectivity index (χ1) is 8.78. The van der Waals surface area contributed by atoms with E-state index in [9.17, 15) is 0 Å². The first kappa shape index (κ1) is 13.8. The van der Waals surface area contributed by atoms with Gasteiger partial charge in [-0.25, -0.2) is 0 Å². The van der Waals surface area contributed by atoms with Crippen molar-refractivity contribution < 1.29 is 9.84 Å². The molecular formula is C14H20BrNO2. The van der Waals surface area contributed by atoms with Crippen LogP contribution in [-0.2, 0) is 0 Å². The molecule has 0 saturated carbocycles. The van der Waals surface area contributed by atoms with E-state index in [1.807, 2.05) is 24.3 Å². The minimum absolute atomic E-state index is 0.313. The van der Waals surface area contributed by atoms with E-state index in [1.165, 1.54) is 6.42 Å². The summed E-state index contributed by atoms with van der Waals surface area (Å²) in [6.45, 7) is 4.23. The third-order valence-corrected chi connectivity index (χ3v) is 3.87. The molecule has 1 atom stereocenters. The molecule has 1 aromatic carbocycles. The van der Waals surface area contributed by atoms with Gasteiger partial charge in [-0.15, -0.1) is 0 Å². The molecule has 4 heteroatoms. The molecule has 100 valence electrons. The standard InChI is InChI=1S/C14H20BrNO2/c15-13-2-1-3-14(10-13)18-9-7-16-6-4-12(11-16)5-8-17/h1-3,10,12,17H,4-9,11H2. The number of rotatable bonds is 6. The monoisotopic (exact) mass is 313 g/mol. The highest BCUT2D eigenvalue weighted by molar-refractivity contribution is 9.10. The maximum Gasteiger partial charge on any atom is 0.120 e. The average Bonchev–Trinajstić information content (AvgIpc) is 2.78. The van der Waals surface area contributed by atoms with Crippen LogP contribution in [0.4, 0.5) is 0 Å². The smallest absolute Gasteiger partial charge is 0.120 e. The van der Waals surface area contributed by atoms with Crippen molar-refractivity contribution in [3.8, 4) is 5.75 Å². The Balaban J connectivity index is 1.67. The van der Waals surface area contributed by atoms with E-state index in [1.54, 1.807) is 0 Å². The van der Waals surface area contributed by atoms with Gasteiger partial charge in [-0.1, -0.05) is 22.0 Å². The summed E-state index contributed by atoms with van der Waals surface area (Å²) in [4.78, 5) is 2.41. The van der Waals surface area contributed by atoms with E-state index in [0.29, 0.717) is 12.5 Å². The van der Waals surface area contributed by atoms with Crippen LogP contribution in [-0.4, -0.2) is 42.9 Å². The number of hydrogen-bond acceptors (Lipinski definition) is 3. The number of aliphatic hydroxyl groups is 1. The Kier molecular flexibility index (Phi) is 5.47. The van der Waals surface area contributed by atoms with Crippen LogP contribution < -0.4 is 4.74 Å². The fourth-order valence-corrected chi connectivity index (χ4v) is 2.76. The quantitative estimate of drug-likeness (QED) is 0.876. The molecule has 3 nitrogen and oxygen atoms in total. The molecule has 1 unspecified atom stereocenters. The van der Waals surface area contributed by atoms with Crippen LogP contribution in [0.25, 0.3) is 0 Å². The van der Waals surface area contributed by atoms with Crippen LogP contribution in [0.2, 0.25) is 0 Å². The number of ether oxygens (including phenoxy) is 1. The molecule has 1 saturated heterocycles. The van der Waals surface area contributed by atoms with Gasteiger partial charge in [-0.3, -0.25) is 4.90 Å². The van der Waals surface area contributed by atoms with Crippen LogP contribution in [0.3, 0.4) is 0 Å². The summed E-state index contributed by atoms with van der Waals surface area (Å²) in [7, 11) is 0. The summed E-state index contributed by atoms with van der Waals surface area (Å²) < 4.78 is 6.77. The molecule has 1 aromatic rings. The van der Waals surface area contributed by atoms with Crippen molar-refractivity contribution in [2.24, 2.45) is 5.92 Å². The molecular weight excluding hydrogens is 294 g/mol. The topological polar surface area (TPSA) is 32.7 Å². The van der Waals surface area contributed by atoms with E-state index in [0.717, 1.165) is 42.9 Å². The number of likely N-dealkylation sites (tertiary alicyclic amines) is 1. The molecule has 0 aromatic heterocycles. The van der Waals surface area contributed by atoms with Gasteiger partial charge in [0.05, 0.1) is 0 Å². The van der Waals surface area contributed by atoms with Crippen molar-refractivity contribution in [2.45, 2.75) is 12.8 Å². The lowest BCUT2D eigenvalue weighted by Gasteiger charge is -2.16. The van der Waals surface area contributed by atoms with Gasteiger partial charge in [0, 0.05) is 24.2 Å². The summed E-state index contributed by atoms with van der Waals surface area (Å²) in [6, 6.07) is 7.93. The Hall–Kier alpha value is -0.580. The highest BCUT2D eigenvalue weighted by atomic mass is 79.9. The summed E-state index contributed by atoms with van der Waals surface area (Å²) in [5.74, 6) is 1.58. The minimum atomic E-state index is 0.313. The zero-order chi connectivity index (χ0) is 12.8. The number of benzene rings is 1. The zero-order valence-corrected chi connectivity index (χ0v) is 12.1. The molecule has 0 radical (unpaired) electrons. The van der Waals surface area contributed by atoms with E-state index in [-0.39, 0.29) is 0 Å². The molecule has 1 heterocycles. The first-order valence-corrected chi connectivity index (χ1v) is 7.29. The molecule has 1 aliphatic rings. The predicted molar refractivity (Wildman–Crippen MR) is 75.9 cm³/mol. The van der Waals surface area contributed by atoms with Crippen molar-refractivity contribution in [3.63, 3.8) is 0 Å². The van der Waals surface area contributed by atoms with Crippen molar-refractivity contribution >= 4 is 15.9 Å². The molecule has 0 amide bonds. The van der Waals surface area contributed by atoms with Gasteiger partial charge in [0.25, 0.3) is 0 Å². The fourth-order valence-electron chi connectivity index (χ4n) is 2.38. The molecule has 1 N–H and O–H groups in total. The van der Waals surface area contributed by atoms with E-state index in [2.05, 4.69) is 20.8 Å². The molecule has 0 spiro atoms. The van der Waals surface area contributed by atoms with Crippen LogP contribution in [0.15, 0.2) is 28.7 Å². The summed E-state index contributed by atoms with van der Waals surface area (Å²) >= 11 is 3.43. The normalized spacial score (nSPS) is 20.2. The second kappa shape index (κ2) is 7.12. The van der Waals surface area contributed by atoms with E-state index in [4.69, 9.17) is 9.84 Å². The van der Waals surface area contributed by atoms with Gasteiger partial charge in [0.15, 0.2) is 0 Å². The van der Waals surface area contributed by atoms with Gasteiger partial charge in [0.2, 0.25) is 0 Å². The van der Waals surface area contributed by atoms with Crippen LogP contribution in [0.1, 0.15) is 12.8 Å². The Bertz CT molecular complexity index is 373. The van der Waals surface area contributed by atoms with Crippen LogP contribution in [0, 0.1) is 5.92 Å². The molecule has 1 aliphatic heterocycles. The Morgan fingerprint density at radius 1 is 1.44 bits per heavy atom. The van der Waals surface area contributed by atoms with Gasteiger partial charge in [0.1, 0.15) is 12.4 Å².